The summed E-state index contributed by atoms with van der Waals surface area (Å²) in [5, 5.41) is 15.0. The fraction of sp³-hybridized carbons (Fsp3) is 0.400. The first-order chi connectivity index (χ1) is 30.5. The summed E-state index contributed by atoms with van der Waals surface area (Å²) >= 11 is 0. The lowest BCUT2D eigenvalue weighted by Crippen LogP contribution is -2.54. The van der Waals surface area contributed by atoms with Gasteiger partial charge in [0.05, 0.1) is 22.6 Å². The average Bonchev–Trinajstić information content (AvgIpc) is 3.49. The van der Waals surface area contributed by atoms with E-state index in [1.807, 2.05) is 31.2 Å². The van der Waals surface area contributed by atoms with E-state index in [1.165, 1.54) is 0 Å². The molecule has 0 bridgehead atoms. The Hall–Kier alpha value is -6.44. The number of unbranched alkanes of at least 4 members (excludes halogenated alkanes) is 2. The van der Waals surface area contributed by atoms with Gasteiger partial charge in [0.25, 0.3) is 11.8 Å². The van der Waals surface area contributed by atoms with Crippen LogP contribution in [0.3, 0.4) is 0 Å². The van der Waals surface area contributed by atoms with Gasteiger partial charge < -0.3 is 26.2 Å². The quantitative estimate of drug-likeness (QED) is 0.0643. The van der Waals surface area contributed by atoms with Crippen LogP contribution in [0.25, 0.3) is 0 Å². The van der Waals surface area contributed by atoms with Crippen molar-refractivity contribution in [2.45, 2.75) is 76.3 Å². The number of benzene rings is 3. The summed E-state index contributed by atoms with van der Waals surface area (Å²) in [6.07, 6.45) is 4.41. The van der Waals surface area contributed by atoms with Gasteiger partial charge in [-0.05, 0) is 114 Å². The van der Waals surface area contributed by atoms with E-state index in [4.69, 9.17) is 0 Å². The van der Waals surface area contributed by atoms with Crippen molar-refractivity contribution in [3.05, 3.63) is 89.6 Å². The molecule has 6 N–H and O–H groups in total. The zero-order valence-corrected chi connectivity index (χ0v) is 37.3. The van der Waals surface area contributed by atoms with E-state index in [9.17, 15) is 32.4 Å². The number of sulfonamides is 1. The number of piperazine rings is 1. The van der Waals surface area contributed by atoms with Gasteiger partial charge >= 0.3 is 0 Å². The third-order valence-electron chi connectivity index (χ3n) is 11.0. The van der Waals surface area contributed by atoms with Crippen LogP contribution in [0, 0.1) is 6.92 Å². The highest BCUT2D eigenvalue weighted by Gasteiger charge is 2.44. The predicted molar refractivity (Wildman–Crippen MR) is 243 cm³/mol. The second-order valence-corrected chi connectivity index (χ2v) is 18.9. The summed E-state index contributed by atoms with van der Waals surface area (Å²) < 4.78 is 28.5. The molecule has 0 aliphatic carbocycles. The number of imide groups is 2. The molecule has 2 saturated heterocycles. The van der Waals surface area contributed by atoms with Crippen molar-refractivity contribution in [2.75, 3.05) is 66.7 Å². The van der Waals surface area contributed by atoms with Gasteiger partial charge in [0.2, 0.25) is 33.7 Å². The molecule has 4 aromatic rings. The van der Waals surface area contributed by atoms with Crippen LogP contribution < -0.4 is 36.2 Å². The molecule has 0 radical (unpaired) electrons. The van der Waals surface area contributed by atoms with Crippen LogP contribution in [0.2, 0.25) is 0 Å². The number of aryl methyl sites for hydroxylation is 1. The lowest BCUT2D eigenvalue weighted by atomic mass is 10.0. The number of piperidine rings is 1. The Bertz CT molecular complexity index is 2520. The average molecular weight is 894 g/mol. The van der Waals surface area contributed by atoms with Crippen molar-refractivity contribution < 1.29 is 32.4 Å². The summed E-state index contributed by atoms with van der Waals surface area (Å²) in [7, 11) is -3.71. The van der Waals surface area contributed by atoms with Crippen LogP contribution in [-0.4, -0.2) is 115 Å². The third kappa shape index (κ3) is 11.4. The minimum atomic E-state index is -3.71. The monoisotopic (exact) mass is 893 g/mol. The maximum Gasteiger partial charge on any atom is 0.262 e. The van der Waals surface area contributed by atoms with Gasteiger partial charge in [-0.1, -0.05) is 6.07 Å². The van der Waals surface area contributed by atoms with E-state index in [-0.39, 0.29) is 34.8 Å². The fourth-order valence-corrected chi connectivity index (χ4v) is 9.21. The third-order valence-corrected chi connectivity index (χ3v) is 12.7. The number of nitrogens with one attached hydrogen (secondary N) is 6. The molecule has 0 saturated carbocycles. The Morgan fingerprint density at radius 2 is 1.55 bits per heavy atom. The van der Waals surface area contributed by atoms with E-state index in [0.717, 1.165) is 67.3 Å². The minimum absolute atomic E-state index is 0.00254. The molecular weight excluding hydrogens is 839 g/mol. The van der Waals surface area contributed by atoms with E-state index in [0.29, 0.717) is 42.8 Å². The zero-order chi connectivity index (χ0) is 45.6. The van der Waals surface area contributed by atoms with Crippen molar-refractivity contribution in [3.8, 4) is 0 Å². The molecule has 7 rings (SSSR count). The second kappa shape index (κ2) is 19.5. The lowest BCUT2D eigenvalue weighted by molar-refractivity contribution is -0.136. The summed E-state index contributed by atoms with van der Waals surface area (Å²) in [5.74, 6) is -1.19. The molecule has 3 aliphatic heterocycles. The van der Waals surface area contributed by atoms with Crippen LogP contribution in [0.1, 0.15) is 79.2 Å². The van der Waals surface area contributed by atoms with Crippen molar-refractivity contribution in [2.24, 2.45) is 0 Å². The van der Waals surface area contributed by atoms with Crippen molar-refractivity contribution in [1.82, 2.24) is 35.1 Å². The van der Waals surface area contributed by atoms with Crippen molar-refractivity contribution >= 4 is 74.1 Å². The lowest BCUT2D eigenvalue weighted by Gasteiger charge is -2.35. The molecular formula is C45H55N11O7S. The van der Waals surface area contributed by atoms with Gasteiger partial charge in [-0.3, -0.25) is 39.1 Å². The molecule has 3 aliphatic rings. The number of hydrogen-bond acceptors (Lipinski definition) is 14. The molecule has 64 heavy (non-hydrogen) atoms. The molecule has 0 spiro atoms. The molecule has 1 aromatic heterocycles. The topological polar surface area (TPSA) is 227 Å². The number of aromatic nitrogens is 2. The summed E-state index contributed by atoms with van der Waals surface area (Å²) in [6, 6.07) is 18.6. The van der Waals surface area contributed by atoms with Gasteiger partial charge in [0, 0.05) is 85.7 Å². The highest BCUT2D eigenvalue weighted by Crippen LogP contribution is 2.30. The van der Waals surface area contributed by atoms with Crippen molar-refractivity contribution in [3.63, 3.8) is 0 Å². The van der Waals surface area contributed by atoms with Crippen LogP contribution in [0.4, 0.5) is 34.5 Å². The number of carbonyl (C=O) groups excluding carboxylic acids is 5. The largest absolute Gasteiger partial charge is 0.385 e. The van der Waals surface area contributed by atoms with E-state index >= 15 is 0 Å². The number of anilines is 6. The number of fused-ring (bicyclic) bond motifs is 1. The number of carbonyl (C=O) groups is 5. The highest BCUT2D eigenvalue weighted by molar-refractivity contribution is 7.89. The summed E-state index contributed by atoms with van der Waals surface area (Å²) in [5.41, 5.74) is 3.80. The molecule has 1 unspecified atom stereocenters. The number of rotatable bonds is 17. The van der Waals surface area contributed by atoms with E-state index in [1.54, 1.807) is 69.4 Å². The summed E-state index contributed by atoms with van der Waals surface area (Å²) in [6.45, 7) is 11.9. The molecule has 18 nitrogen and oxygen atoms in total. The zero-order valence-electron chi connectivity index (χ0n) is 36.5. The Labute approximate surface area is 373 Å². The second-order valence-electron chi connectivity index (χ2n) is 17.2. The van der Waals surface area contributed by atoms with Crippen LogP contribution in [0.5, 0.6) is 0 Å². The van der Waals surface area contributed by atoms with Gasteiger partial charge in [0.15, 0.2) is 0 Å². The van der Waals surface area contributed by atoms with Crippen molar-refractivity contribution in [1.29, 1.82) is 0 Å². The molecule has 3 aromatic carbocycles. The van der Waals surface area contributed by atoms with E-state index < -0.39 is 45.2 Å². The number of nitrogens with zero attached hydrogens (tertiary/aromatic N) is 5. The highest BCUT2D eigenvalue weighted by atomic mass is 32.2. The Balaban J connectivity index is 0.786. The SMILES string of the molecule is Cc1cnc(Nc2ccc(N3CCN(CC(=O)NCCCCCNc4ccc5c(c4)C(=O)N(C4CCC(=O)NC4=O)C5=O)CC3)cc2)nc1Nc1cccc(S(=O)(=O)NC(C)(C)C)c1. The predicted octanol–water partition coefficient (Wildman–Crippen LogP) is 4.27. The smallest absolute Gasteiger partial charge is 0.262 e. The van der Waals surface area contributed by atoms with Gasteiger partial charge in [-0.25, -0.2) is 18.1 Å². The first-order valence-corrected chi connectivity index (χ1v) is 23.0. The molecule has 5 amide bonds. The molecule has 19 heteroatoms. The maximum atomic E-state index is 13.1. The molecule has 1 atom stereocenters. The Morgan fingerprint density at radius 1 is 0.828 bits per heavy atom. The van der Waals surface area contributed by atoms with Crippen LogP contribution in [0.15, 0.2) is 77.8 Å². The van der Waals surface area contributed by atoms with Gasteiger partial charge in [-0.15, -0.1) is 0 Å². The maximum absolute atomic E-state index is 13.1. The van der Waals surface area contributed by atoms with Crippen LogP contribution >= 0.6 is 0 Å². The minimum Gasteiger partial charge on any atom is -0.385 e. The Kier molecular flexibility index (Phi) is 13.9. The standard InChI is InChI=1S/C45H55N11O7S/c1-29-27-48-44(52-40(29)49-32-9-8-10-34(25-32)64(62,63)53-45(2,3)4)50-30-11-14-33(15-12-30)55-23-21-54(22-24-55)28-39(58)47-20-7-5-6-19-46-31-13-16-35-36(26-31)43(61)56(42(35)60)37-17-18-38(57)51-41(37)59/h8-16,25-27,37,46,53H,5-7,17-24,28H2,1-4H3,(H,47,58)(H,51,57,59)(H2,48,49,50,52). The number of hydrogen-bond donors (Lipinski definition) is 6. The fourth-order valence-electron chi connectivity index (χ4n) is 7.74. The first kappa shape index (κ1) is 45.6. The van der Waals surface area contributed by atoms with Crippen LogP contribution in [-0.2, 0) is 24.4 Å². The molecule has 338 valence electrons. The number of amides is 5. The summed E-state index contributed by atoms with van der Waals surface area (Å²) in [4.78, 5) is 77.3. The van der Waals surface area contributed by atoms with Gasteiger partial charge in [-0.2, -0.15) is 4.98 Å². The van der Waals surface area contributed by atoms with E-state index in [2.05, 4.69) is 51.1 Å². The Morgan fingerprint density at radius 3 is 2.28 bits per heavy atom. The molecule has 2 fully saturated rings. The van der Waals surface area contributed by atoms with Gasteiger partial charge in [0.1, 0.15) is 11.9 Å². The molecule has 4 heterocycles. The normalized spacial score (nSPS) is 17.0. The first-order valence-electron chi connectivity index (χ1n) is 21.5.